The van der Waals surface area contributed by atoms with Crippen molar-refractivity contribution in [1.29, 1.82) is 0 Å². The number of hydrogen-bond acceptors (Lipinski definition) is 2. The molecule has 2 nitrogen and oxygen atoms in total. The molecule has 2 aliphatic rings. The number of ether oxygens (including phenoxy) is 1. The molecule has 1 aliphatic carbocycles. The van der Waals surface area contributed by atoms with E-state index >= 15 is 0 Å². The SMILES string of the molecule is CC1COCC(CC2CCCCC2)N1. The molecule has 0 radical (unpaired) electrons. The van der Waals surface area contributed by atoms with Crippen molar-refractivity contribution in [1.82, 2.24) is 5.32 Å². The fraction of sp³-hybridized carbons (Fsp3) is 1.00. The first-order valence-electron chi connectivity index (χ1n) is 6.18. The molecule has 2 fully saturated rings. The van der Waals surface area contributed by atoms with Crippen LogP contribution in [0.25, 0.3) is 0 Å². The van der Waals surface area contributed by atoms with E-state index in [-0.39, 0.29) is 0 Å². The molecule has 1 heterocycles. The zero-order valence-corrected chi connectivity index (χ0v) is 9.30. The number of hydrogen-bond donors (Lipinski definition) is 1. The summed E-state index contributed by atoms with van der Waals surface area (Å²) in [6.07, 6.45) is 8.60. The van der Waals surface area contributed by atoms with E-state index in [2.05, 4.69) is 12.2 Å². The Balaban J connectivity index is 1.72. The van der Waals surface area contributed by atoms with Crippen LogP contribution in [0.3, 0.4) is 0 Å². The summed E-state index contributed by atoms with van der Waals surface area (Å²) in [6.45, 7) is 4.04. The normalized spacial score (nSPS) is 35.8. The molecule has 0 aromatic rings. The van der Waals surface area contributed by atoms with E-state index in [4.69, 9.17) is 4.74 Å². The van der Waals surface area contributed by atoms with Gasteiger partial charge in [-0.3, -0.25) is 0 Å². The maximum absolute atomic E-state index is 5.57. The summed E-state index contributed by atoms with van der Waals surface area (Å²) in [6, 6.07) is 1.18. The van der Waals surface area contributed by atoms with Crippen molar-refractivity contribution in [2.45, 2.75) is 57.5 Å². The Morgan fingerprint density at radius 3 is 2.64 bits per heavy atom. The van der Waals surface area contributed by atoms with Crippen molar-refractivity contribution in [3.05, 3.63) is 0 Å². The van der Waals surface area contributed by atoms with Gasteiger partial charge in [0.1, 0.15) is 0 Å². The van der Waals surface area contributed by atoms with Gasteiger partial charge in [-0.1, -0.05) is 32.1 Å². The van der Waals surface area contributed by atoms with Crippen LogP contribution in [0, 0.1) is 5.92 Å². The van der Waals surface area contributed by atoms with E-state index in [0.717, 1.165) is 19.1 Å². The highest BCUT2D eigenvalue weighted by Crippen LogP contribution is 2.27. The number of nitrogens with one attached hydrogen (secondary N) is 1. The van der Waals surface area contributed by atoms with Crippen molar-refractivity contribution in [2.24, 2.45) is 5.92 Å². The third kappa shape index (κ3) is 2.96. The van der Waals surface area contributed by atoms with Crippen LogP contribution in [-0.2, 0) is 4.74 Å². The van der Waals surface area contributed by atoms with E-state index in [1.807, 2.05) is 0 Å². The van der Waals surface area contributed by atoms with Gasteiger partial charge >= 0.3 is 0 Å². The monoisotopic (exact) mass is 197 g/mol. The van der Waals surface area contributed by atoms with Gasteiger partial charge in [0.2, 0.25) is 0 Å². The van der Waals surface area contributed by atoms with Gasteiger partial charge in [0.25, 0.3) is 0 Å². The van der Waals surface area contributed by atoms with E-state index < -0.39 is 0 Å². The standard InChI is InChI=1S/C12H23NO/c1-10-8-14-9-12(13-10)7-11-5-3-2-4-6-11/h10-13H,2-9H2,1H3. The van der Waals surface area contributed by atoms with E-state index in [0.29, 0.717) is 12.1 Å². The van der Waals surface area contributed by atoms with Crippen molar-refractivity contribution < 1.29 is 4.74 Å². The smallest absolute Gasteiger partial charge is 0.0620 e. The Morgan fingerprint density at radius 1 is 1.14 bits per heavy atom. The van der Waals surface area contributed by atoms with Gasteiger partial charge < -0.3 is 10.1 Å². The Kier molecular flexibility index (Phi) is 3.82. The van der Waals surface area contributed by atoms with E-state index in [1.54, 1.807) is 0 Å². The largest absolute Gasteiger partial charge is 0.378 e. The molecule has 2 rings (SSSR count). The van der Waals surface area contributed by atoms with Crippen molar-refractivity contribution in [3.63, 3.8) is 0 Å². The lowest BCUT2D eigenvalue weighted by Crippen LogP contribution is -2.48. The molecule has 0 amide bonds. The molecular weight excluding hydrogens is 174 g/mol. The van der Waals surface area contributed by atoms with E-state index in [1.165, 1.54) is 38.5 Å². The maximum atomic E-state index is 5.57. The zero-order chi connectivity index (χ0) is 9.80. The summed E-state index contributed by atoms with van der Waals surface area (Å²) in [5, 5.41) is 3.64. The zero-order valence-electron chi connectivity index (χ0n) is 9.30. The van der Waals surface area contributed by atoms with Crippen LogP contribution in [-0.4, -0.2) is 25.3 Å². The molecule has 0 aromatic heterocycles. The van der Waals surface area contributed by atoms with Gasteiger partial charge in [-0.25, -0.2) is 0 Å². The molecule has 14 heavy (non-hydrogen) atoms. The average Bonchev–Trinajstić information content (AvgIpc) is 2.19. The second-order valence-electron chi connectivity index (χ2n) is 5.04. The van der Waals surface area contributed by atoms with Crippen molar-refractivity contribution in [2.75, 3.05) is 13.2 Å². The molecule has 2 heteroatoms. The molecule has 82 valence electrons. The first-order chi connectivity index (χ1) is 6.84. The fourth-order valence-corrected chi connectivity index (χ4v) is 2.85. The first kappa shape index (κ1) is 10.4. The maximum Gasteiger partial charge on any atom is 0.0620 e. The predicted octanol–water partition coefficient (Wildman–Crippen LogP) is 2.33. The van der Waals surface area contributed by atoms with Crippen molar-refractivity contribution >= 4 is 0 Å². The summed E-state index contributed by atoms with van der Waals surface area (Å²) in [4.78, 5) is 0. The highest BCUT2D eigenvalue weighted by molar-refractivity contribution is 4.79. The summed E-state index contributed by atoms with van der Waals surface area (Å²) in [5.41, 5.74) is 0. The van der Waals surface area contributed by atoms with Crippen LogP contribution in [0.4, 0.5) is 0 Å². The highest BCUT2D eigenvalue weighted by Gasteiger charge is 2.22. The van der Waals surface area contributed by atoms with Crippen LogP contribution >= 0.6 is 0 Å². The van der Waals surface area contributed by atoms with Gasteiger partial charge in [-0.05, 0) is 19.3 Å². The lowest BCUT2D eigenvalue weighted by molar-refractivity contribution is 0.0410. The second-order valence-corrected chi connectivity index (χ2v) is 5.04. The molecule has 1 saturated heterocycles. The first-order valence-corrected chi connectivity index (χ1v) is 6.18. The van der Waals surface area contributed by atoms with Gasteiger partial charge in [0.05, 0.1) is 13.2 Å². The van der Waals surface area contributed by atoms with Crippen LogP contribution < -0.4 is 5.32 Å². The molecule has 0 aromatic carbocycles. The minimum absolute atomic E-state index is 0.553. The van der Waals surface area contributed by atoms with E-state index in [9.17, 15) is 0 Å². The number of rotatable bonds is 2. The molecule has 2 unspecified atom stereocenters. The lowest BCUT2D eigenvalue weighted by Gasteiger charge is -2.32. The van der Waals surface area contributed by atoms with Gasteiger partial charge in [-0.2, -0.15) is 0 Å². The predicted molar refractivity (Wildman–Crippen MR) is 58.4 cm³/mol. The topological polar surface area (TPSA) is 21.3 Å². The fourth-order valence-electron chi connectivity index (χ4n) is 2.85. The average molecular weight is 197 g/mol. The number of morpholine rings is 1. The Morgan fingerprint density at radius 2 is 1.93 bits per heavy atom. The second kappa shape index (κ2) is 5.13. The minimum Gasteiger partial charge on any atom is -0.378 e. The van der Waals surface area contributed by atoms with Crippen LogP contribution in [0.15, 0.2) is 0 Å². The third-order valence-electron chi connectivity index (χ3n) is 3.55. The Bertz CT molecular complexity index is 166. The Hall–Kier alpha value is -0.0800. The summed E-state index contributed by atoms with van der Waals surface area (Å²) in [5.74, 6) is 0.968. The van der Waals surface area contributed by atoms with Gasteiger partial charge in [0, 0.05) is 12.1 Å². The molecule has 2 atom stereocenters. The van der Waals surface area contributed by atoms with Crippen LogP contribution in [0.5, 0.6) is 0 Å². The third-order valence-corrected chi connectivity index (χ3v) is 3.55. The van der Waals surface area contributed by atoms with Gasteiger partial charge in [-0.15, -0.1) is 0 Å². The minimum atomic E-state index is 0.553. The lowest BCUT2D eigenvalue weighted by atomic mass is 9.84. The molecule has 1 N–H and O–H groups in total. The summed E-state index contributed by atoms with van der Waals surface area (Å²) >= 11 is 0. The summed E-state index contributed by atoms with van der Waals surface area (Å²) in [7, 11) is 0. The molecular formula is C12H23NO. The molecule has 1 saturated carbocycles. The molecule has 1 aliphatic heterocycles. The van der Waals surface area contributed by atoms with Gasteiger partial charge in [0.15, 0.2) is 0 Å². The summed E-state index contributed by atoms with van der Waals surface area (Å²) < 4.78 is 5.57. The molecule has 0 spiro atoms. The Labute approximate surface area is 87.4 Å². The quantitative estimate of drug-likeness (QED) is 0.733. The van der Waals surface area contributed by atoms with Crippen molar-refractivity contribution in [3.8, 4) is 0 Å². The highest BCUT2D eigenvalue weighted by atomic mass is 16.5. The van der Waals surface area contributed by atoms with Crippen LogP contribution in [0.1, 0.15) is 45.4 Å². The van der Waals surface area contributed by atoms with Crippen LogP contribution in [0.2, 0.25) is 0 Å². The molecule has 0 bridgehead atoms.